The van der Waals surface area contributed by atoms with E-state index in [1.54, 1.807) is 0 Å². The molecule has 1 aliphatic heterocycles. The van der Waals surface area contributed by atoms with Crippen LogP contribution in [0.25, 0.3) is 0 Å². The summed E-state index contributed by atoms with van der Waals surface area (Å²) in [5.41, 5.74) is 0.221. The topological polar surface area (TPSA) is 105 Å². The van der Waals surface area contributed by atoms with Gasteiger partial charge in [0.05, 0.1) is 18.0 Å². The van der Waals surface area contributed by atoms with Gasteiger partial charge in [0.2, 0.25) is 10.0 Å². The molecule has 3 rings (SSSR count). The van der Waals surface area contributed by atoms with Crippen molar-refractivity contribution in [3.05, 3.63) is 29.6 Å². The summed E-state index contributed by atoms with van der Waals surface area (Å²) in [4.78, 5) is 24.5. The minimum atomic E-state index is -3.96. The summed E-state index contributed by atoms with van der Waals surface area (Å²) in [5, 5.41) is 5.26. The van der Waals surface area contributed by atoms with Crippen LogP contribution in [0, 0.1) is 12.7 Å². The number of benzene rings is 1. The SMILES string of the molecule is Cc1cc(S(=O)(=O)N2CCCOC2CNC(=O)C(=O)NC2CCCCCC2)ccc1F. The smallest absolute Gasteiger partial charge is 0.309 e. The fraction of sp³-hybridized carbons (Fsp3) is 0.619. The first-order chi connectivity index (χ1) is 14.8. The standard InChI is InChI=1S/C21H30FN3O5S/c1-15-13-17(9-10-18(15)22)31(28,29)25-11-6-12-30-19(25)14-23-20(26)21(27)24-16-7-4-2-3-5-8-16/h9-10,13,16,19H,2-8,11-12,14H2,1H3,(H,23,26)(H,24,27). The van der Waals surface area contributed by atoms with Crippen LogP contribution in [0.5, 0.6) is 0 Å². The van der Waals surface area contributed by atoms with Crippen LogP contribution < -0.4 is 10.6 Å². The maximum Gasteiger partial charge on any atom is 0.309 e. The summed E-state index contributed by atoms with van der Waals surface area (Å²) in [6.45, 7) is 1.87. The maximum absolute atomic E-state index is 13.6. The second-order valence-electron chi connectivity index (χ2n) is 8.08. The molecule has 1 aromatic rings. The van der Waals surface area contributed by atoms with Gasteiger partial charge in [0.25, 0.3) is 0 Å². The lowest BCUT2D eigenvalue weighted by atomic mass is 10.1. The monoisotopic (exact) mass is 455 g/mol. The Hall–Kier alpha value is -2.04. The lowest BCUT2D eigenvalue weighted by Crippen LogP contribution is -2.53. The highest BCUT2D eigenvalue weighted by Crippen LogP contribution is 2.23. The zero-order chi connectivity index (χ0) is 22.4. The summed E-state index contributed by atoms with van der Waals surface area (Å²) >= 11 is 0. The number of amides is 2. The number of rotatable bonds is 5. The molecule has 0 aromatic heterocycles. The summed E-state index contributed by atoms with van der Waals surface area (Å²) in [7, 11) is -3.96. The molecule has 8 nitrogen and oxygen atoms in total. The normalized spacial score (nSPS) is 21.3. The van der Waals surface area contributed by atoms with Crippen molar-refractivity contribution >= 4 is 21.8 Å². The molecule has 1 saturated carbocycles. The number of carbonyl (C=O) groups excluding carboxylic acids is 2. The van der Waals surface area contributed by atoms with E-state index >= 15 is 0 Å². The van der Waals surface area contributed by atoms with Crippen LogP contribution in [0.4, 0.5) is 4.39 Å². The van der Waals surface area contributed by atoms with Crippen molar-refractivity contribution in [2.45, 2.75) is 69.0 Å². The van der Waals surface area contributed by atoms with Gasteiger partial charge in [-0.1, -0.05) is 25.7 Å². The summed E-state index contributed by atoms with van der Waals surface area (Å²) in [5.74, 6) is -2.02. The average molecular weight is 456 g/mol. The predicted molar refractivity (Wildman–Crippen MR) is 112 cm³/mol. The first kappa shape index (κ1) is 23.6. The van der Waals surface area contributed by atoms with Crippen molar-refractivity contribution in [1.29, 1.82) is 0 Å². The minimum absolute atomic E-state index is 0.00901. The number of aryl methyl sites for hydroxylation is 1. The third kappa shape index (κ3) is 6.02. The fourth-order valence-corrected chi connectivity index (χ4v) is 5.60. The average Bonchev–Trinajstić information content (AvgIpc) is 3.02. The molecule has 1 aliphatic carbocycles. The van der Waals surface area contributed by atoms with Gasteiger partial charge < -0.3 is 15.4 Å². The lowest BCUT2D eigenvalue weighted by molar-refractivity contribution is -0.140. The maximum atomic E-state index is 13.6. The van der Waals surface area contributed by atoms with E-state index in [1.807, 2.05) is 0 Å². The lowest BCUT2D eigenvalue weighted by Gasteiger charge is -2.34. The van der Waals surface area contributed by atoms with Crippen molar-refractivity contribution in [2.75, 3.05) is 19.7 Å². The van der Waals surface area contributed by atoms with Gasteiger partial charge in [0.1, 0.15) is 12.0 Å². The van der Waals surface area contributed by atoms with Crippen LogP contribution in [0.1, 0.15) is 50.5 Å². The van der Waals surface area contributed by atoms with E-state index in [2.05, 4.69) is 10.6 Å². The molecule has 1 heterocycles. The van der Waals surface area contributed by atoms with Gasteiger partial charge in [-0.05, 0) is 49.9 Å². The van der Waals surface area contributed by atoms with Gasteiger partial charge in [-0.2, -0.15) is 4.31 Å². The van der Waals surface area contributed by atoms with E-state index in [1.165, 1.54) is 19.1 Å². The molecule has 1 aromatic carbocycles. The highest BCUT2D eigenvalue weighted by atomic mass is 32.2. The van der Waals surface area contributed by atoms with Crippen molar-refractivity contribution in [3.8, 4) is 0 Å². The van der Waals surface area contributed by atoms with Crippen LogP contribution in [-0.2, 0) is 24.3 Å². The zero-order valence-corrected chi connectivity index (χ0v) is 18.5. The molecule has 10 heteroatoms. The van der Waals surface area contributed by atoms with Crippen molar-refractivity contribution in [2.24, 2.45) is 0 Å². The van der Waals surface area contributed by atoms with Crippen LogP contribution in [-0.4, -0.2) is 56.5 Å². The van der Waals surface area contributed by atoms with Crippen LogP contribution >= 0.6 is 0 Å². The fourth-order valence-electron chi connectivity index (χ4n) is 3.95. The summed E-state index contributed by atoms with van der Waals surface area (Å²) in [6.07, 6.45) is 5.58. The molecule has 0 bridgehead atoms. The van der Waals surface area contributed by atoms with E-state index in [9.17, 15) is 22.4 Å². The van der Waals surface area contributed by atoms with Gasteiger partial charge >= 0.3 is 11.8 Å². The molecule has 2 aliphatic rings. The Morgan fingerprint density at radius 2 is 1.84 bits per heavy atom. The second-order valence-corrected chi connectivity index (χ2v) is 9.97. The summed E-state index contributed by atoms with van der Waals surface area (Å²) < 4.78 is 46.4. The molecule has 0 spiro atoms. The van der Waals surface area contributed by atoms with Gasteiger partial charge in [-0.15, -0.1) is 0 Å². The quantitative estimate of drug-likeness (QED) is 0.521. The van der Waals surface area contributed by atoms with Crippen molar-refractivity contribution < 1.29 is 27.1 Å². The van der Waals surface area contributed by atoms with Crippen LogP contribution in [0.15, 0.2) is 23.1 Å². The number of sulfonamides is 1. The van der Waals surface area contributed by atoms with Crippen LogP contribution in [0.3, 0.4) is 0 Å². The number of ether oxygens (including phenoxy) is 1. The Morgan fingerprint density at radius 3 is 2.52 bits per heavy atom. The van der Waals surface area contributed by atoms with Gasteiger partial charge in [0.15, 0.2) is 0 Å². The van der Waals surface area contributed by atoms with E-state index < -0.39 is 33.9 Å². The number of hydrogen-bond acceptors (Lipinski definition) is 5. The molecular weight excluding hydrogens is 425 g/mol. The Balaban J connectivity index is 1.61. The summed E-state index contributed by atoms with van der Waals surface area (Å²) in [6, 6.07) is 3.59. The molecule has 31 heavy (non-hydrogen) atoms. The zero-order valence-electron chi connectivity index (χ0n) is 17.7. The first-order valence-corrected chi connectivity index (χ1v) is 12.2. The predicted octanol–water partition coefficient (Wildman–Crippen LogP) is 1.83. The number of nitrogens with one attached hydrogen (secondary N) is 2. The molecular formula is C21H30FN3O5S. The Morgan fingerprint density at radius 1 is 1.13 bits per heavy atom. The van der Waals surface area contributed by atoms with Crippen LogP contribution in [0.2, 0.25) is 0 Å². The third-order valence-corrected chi connectivity index (χ3v) is 7.61. The van der Waals surface area contributed by atoms with Gasteiger partial charge in [-0.25, -0.2) is 12.8 Å². The van der Waals surface area contributed by atoms with E-state index in [4.69, 9.17) is 4.74 Å². The molecule has 1 saturated heterocycles. The van der Waals surface area contributed by atoms with Crippen molar-refractivity contribution in [1.82, 2.24) is 14.9 Å². The highest BCUT2D eigenvalue weighted by molar-refractivity contribution is 7.89. The molecule has 2 N–H and O–H groups in total. The van der Waals surface area contributed by atoms with E-state index in [0.717, 1.165) is 48.9 Å². The van der Waals surface area contributed by atoms with Gasteiger partial charge in [-0.3, -0.25) is 9.59 Å². The largest absolute Gasteiger partial charge is 0.360 e. The molecule has 172 valence electrons. The number of halogens is 1. The molecule has 2 fully saturated rings. The Labute approximate surface area is 182 Å². The minimum Gasteiger partial charge on any atom is -0.360 e. The van der Waals surface area contributed by atoms with E-state index in [-0.39, 0.29) is 29.6 Å². The number of carbonyl (C=O) groups is 2. The third-order valence-electron chi connectivity index (χ3n) is 5.72. The molecule has 1 unspecified atom stereocenters. The Bertz CT molecular complexity index is 900. The molecule has 2 amide bonds. The van der Waals surface area contributed by atoms with Gasteiger partial charge in [0, 0.05) is 12.6 Å². The van der Waals surface area contributed by atoms with E-state index in [0.29, 0.717) is 13.0 Å². The Kier molecular flexibility index (Phi) is 8.01. The first-order valence-electron chi connectivity index (χ1n) is 10.8. The molecule has 0 radical (unpaired) electrons. The number of hydrogen-bond donors (Lipinski definition) is 2. The van der Waals surface area contributed by atoms with Crippen molar-refractivity contribution in [3.63, 3.8) is 0 Å². The molecule has 1 atom stereocenters. The number of nitrogens with zero attached hydrogens (tertiary/aromatic N) is 1. The highest BCUT2D eigenvalue weighted by Gasteiger charge is 2.35. The second kappa shape index (κ2) is 10.5.